The molecule has 0 aromatic carbocycles. The van der Waals surface area contributed by atoms with E-state index in [1.807, 2.05) is 0 Å². The van der Waals surface area contributed by atoms with E-state index >= 15 is 0 Å². The van der Waals surface area contributed by atoms with E-state index in [1.54, 1.807) is 0 Å². The Morgan fingerprint density at radius 1 is 1.38 bits per heavy atom. The first kappa shape index (κ1) is 7.49. The van der Waals surface area contributed by atoms with Crippen molar-refractivity contribution in [3.63, 3.8) is 0 Å². The van der Waals surface area contributed by atoms with Crippen LogP contribution in [-0.2, 0) is 0 Å². The fraction of sp³-hybridized carbons (Fsp3) is 0.857. The standard InChI is InChI=1S/C7H13N/c1-3-7(4-2)5-6-8/h7H,3-5H2,1-2H3. The van der Waals surface area contributed by atoms with Crippen molar-refractivity contribution in [3.05, 3.63) is 0 Å². The summed E-state index contributed by atoms with van der Waals surface area (Å²) >= 11 is 0. The summed E-state index contributed by atoms with van der Waals surface area (Å²) in [5.41, 5.74) is 0. The number of nitrogens with zero attached hydrogens (tertiary/aromatic N) is 1. The van der Waals surface area contributed by atoms with Crippen molar-refractivity contribution in [1.29, 1.82) is 5.26 Å². The van der Waals surface area contributed by atoms with E-state index in [1.165, 1.54) is 0 Å². The molecular weight excluding hydrogens is 98.1 g/mol. The molecular formula is C7H13N. The van der Waals surface area contributed by atoms with Gasteiger partial charge in [-0.05, 0) is 5.92 Å². The molecule has 0 heterocycles. The first-order valence-electron chi connectivity index (χ1n) is 3.22. The molecule has 8 heavy (non-hydrogen) atoms. The van der Waals surface area contributed by atoms with E-state index in [-0.39, 0.29) is 0 Å². The predicted octanol–water partition coefficient (Wildman–Crippen LogP) is 2.34. The highest BCUT2D eigenvalue weighted by atomic mass is 14.2. The average Bonchev–Trinajstić information content (AvgIpc) is 1.83. The smallest absolute Gasteiger partial charge is 0.0624 e. The molecule has 0 saturated heterocycles. The van der Waals surface area contributed by atoms with Crippen molar-refractivity contribution in [1.82, 2.24) is 0 Å². The molecule has 0 aromatic heterocycles. The van der Waals surface area contributed by atoms with Gasteiger partial charge in [-0.1, -0.05) is 26.7 Å². The van der Waals surface area contributed by atoms with Gasteiger partial charge in [-0.15, -0.1) is 0 Å². The number of rotatable bonds is 3. The van der Waals surface area contributed by atoms with Crippen LogP contribution in [0.5, 0.6) is 0 Å². The maximum Gasteiger partial charge on any atom is 0.0624 e. The van der Waals surface area contributed by atoms with Crippen molar-refractivity contribution in [2.45, 2.75) is 33.1 Å². The minimum atomic E-state index is 0.639. The molecule has 0 fully saturated rings. The maximum atomic E-state index is 8.25. The summed E-state index contributed by atoms with van der Waals surface area (Å²) in [6, 6.07) is 2.17. The lowest BCUT2D eigenvalue weighted by Gasteiger charge is -2.03. The van der Waals surface area contributed by atoms with Crippen LogP contribution < -0.4 is 0 Å². The summed E-state index contributed by atoms with van der Waals surface area (Å²) in [6.07, 6.45) is 3.02. The fourth-order valence-corrected chi connectivity index (χ4v) is 0.706. The van der Waals surface area contributed by atoms with Crippen LogP contribution in [0.15, 0.2) is 0 Å². The van der Waals surface area contributed by atoms with Crippen molar-refractivity contribution >= 4 is 0 Å². The normalized spacial score (nSPS) is 9.25. The largest absolute Gasteiger partial charge is 0.198 e. The van der Waals surface area contributed by atoms with Crippen LogP contribution in [0.25, 0.3) is 0 Å². The van der Waals surface area contributed by atoms with Crippen LogP contribution in [0.2, 0.25) is 0 Å². The zero-order chi connectivity index (χ0) is 6.41. The van der Waals surface area contributed by atoms with Crippen LogP contribution >= 0.6 is 0 Å². The van der Waals surface area contributed by atoms with E-state index in [9.17, 15) is 0 Å². The first-order chi connectivity index (χ1) is 3.85. The predicted molar refractivity (Wildman–Crippen MR) is 34.3 cm³/mol. The van der Waals surface area contributed by atoms with Crippen LogP contribution in [0.1, 0.15) is 33.1 Å². The van der Waals surface area contributed by atoms with E-state index < -0.39 is 0 Å². The van der Waals surface area contributed by atoms with Gasteiger partial charge in [0.05, 0.1) is 6.07 Å². The molecule has 0 aliphatic rings. The Balaban J connectivity index is 3.25. The van der Waals surface area contributed by atoms with E-state index in [4.69, 9.17) is 5.26 Å². The Bertz CT molecular complexity index is 76.9. The molecule has 0 rings (SSSR count). The SMILES string of the molecule is CCC(CC)CC#N. The summed E-state index contributed by atoms with van der Waals surface area (Å²) in [5.74, 6) is 0.639. The third-order valence-electron chi connectivity index (χ3n) is 1.53. The summed E-state index contributed by atoms with van der Waals surface area (Å²) in [7, 11) is 0. The molecule has 1 nitrogen and oxygen atoms in total. The second-order valence-corrected chi connectivity index (χ2v) is 2.04. The van der Waals surface area contributed by atoms with Gasteiger partial charge in [0, 0.05) is 6.42 Å². The van der Waals surface area contributed by atoms with Gasteiger partial charge in [0.15, 0.2) is 0 Å². The van der Waals surface area contributed by atoms with Crippen molar-refractivity contribution in [2.24, 2.45) is 5.92 Å². The molecule has 0 unspecified atom stereocenters. The molecule has 0 saturated carbocycles. The minimum Gasteiger partial charge on any atom is -0.198 e. The van der Waals surface area contributed by atoms with Gasteiger partial charge in [0.25, 0.3) is 0 Å². The Labute approximate surface area is 51.3 Å². The Morgan fingerprint density at radius 3 is 2.00 bits per heavy atom. The number of hydrogen-bond acceptors (Lipinski definition) is 1. The molecule has 0 aromatic rings. The minimum absolute atomic E-state index is 0.639. The quantitative estimate of drug-likeness (QED) is 0.548. The summed E-state index contributed by atoms with van der Waals surface area (Å²) in [4.78, 5) is 0. The summed E-state index contributed by atoms with van der Waals surface area (Å²) in [5, 5.41) is 8.25. The molecule has 1 heteroatoms. The van der Waals surface area contributed by atoms with Gasteiger partial charge in [0.1, 0.15) is 0 Å². The van der Waals surface area contributed by atoms with Gasteiger partial charge < -0.3 is 0 Å². The first-order valence-corrected chi connectivity index (χ1v) is 3.22. The third kappa shape index (κ3) is 2.63. The van der Waals surface area contributed by atoms with E-state index in [0.29, 0.717) is 5.92 Å². The molecule has 46 valence electrons. The molecule has 0 N–H and O–H groups in total. The highest BCUT2D eigenvalue weighted by molar-refractivity contribution is 4.73. The zero-order valence-corrected chi connectivity index (χ0v) is 5.65. The molecule has 0 bridgehead atoms. The lowest BCUT2D eigenvalue weighted by atomic mass is 10.0. The third-order valence-corrected chi connectivity index (χ3v) is 1.53. The average molecular weight is 111 g/mol. The van der Waals surface area contributed by atoms with Gasteiger partial charge in [-0.3, -0.25) is 0 Å². The van der Waals surface area contributed by atoms with E-state index in [2.05, 4.69) is 19.9 Å². The van der Waals surface area contributed by atoms with Crippen LogP contribution in [-0.4, -0.2) is 0 Å². The van der Waals surface area contributed by atoms with Crippen molar-refractivity contribution in [3.8, 4) is 6.07 Å². The maximum absolute atomic E-state index is 8.25. The summed E-state index contributed by atoms with van der Waals surface area (Å²) < 4.78 is 0. The van der Waals surface area contributed by atoms with Gasteiger partial charge in [0.2, 0.25) is 0 Å². The Kier molecular flexibility index (Phi) is 4.35. The lowest BCUT2D eigenvalue weighted by molar-refractivity contribution is 0.504. The van der Waals surface area contributed by atoms with Crippen LogP contribution in [0, 0.1) is 17.2 Å². The monoisotopic (exact) mass is 111 g/mol. The number of nitriles is 1. The molecule has 0 aliphatic heterocycles. The zero-order valence-electron chi connectivity index (χ0n) is 5.65. The lowest BCUT2D eigenvalue weighted by Crippen LogP contribution is -1.93. The van der Waals surface area contributed by atoms with Gasteiger partial charge in [-0.2, -0.15) is 5.26 Å². The van der Waals surface area contributed by atoms with Crippen molar-refractivity contribution < 1.29 is 0 Å². The highest BCUT2D eigenvalue weighted by Crippen LogP contribution is 2.10. The Hall–Kier alpha value is -0.510. The molecule has 0 atom stereocenters. The molecule has 0 radical (unpaired) electrons. The molecule has 0 aliphatic carbocycles. The fourth-order valence-electron chi connectivity index (χ4n) is 0.706. The van der Waals surface area contributed by atoms with Crippen molar-refractivity contribution in [2.75, 3.05) is 0 Å². The van der Waals surface area contributed by atoms with Crippen LogP contribution in [0.4, 0.5) is 0 Å². The Morgan fingerprint density at radius 2 is 1.88 bits per heavy atom. The second-order valence-electron chi connectivity index (χ2n) is 2.04. The van der Waals surface area contributed by atoms with Crippen LogP contribution in [0.3, 0.4) is 0 Å². The van der Waals surface area contributed by atoms with Gasteiger partial charge >= 0.3 is 0 Å². The second kappa shape index (κ2) is 4.64. The molecule has 0 spiro atoms. The van der Waals surface area contributed by atoms with Gasteiger partial charge in [-0.25, -0.2) is 0 Å². The van der Waals surface area contributed by atoms with E-state index in [0.717, 1.165) is 19.3 Å². The topological polar surface area (TPSA) is 23.8 Å². The highest BCUT2D eigenvalue weighted by Gasteiger charge is 1.99. The molecule has 0 amide bonds. The number of hydrogen-bond donors (Lipinski definition) is 0. The summed E-state index contributed by atoms with van der Waals surface area (Å²) in [6.45, 7) is 4.26.